The number of anilines is 2. The number of aromatic nitrogens is 2. The molecule has 2 atom stereocenters. The van der Waals surface area contributed by atoms with Crippen molar-refractivity contribution in [2.24, 2.45) is 0 Å². The first-order valence-corrected chi connectivity index (χ1v) is 13.0. The van der Waals surface area contributed by atoms with Crippen LogP contribution in [-0.2, 0) is 4.79 Å². The summed E-state index contributed by atoms with van der Waals surface area (Å²) in [5.41, 5.74) is 5.63. The largest absolute Gasteiger partial charge is 0.495 e. The Labute approximate surface area is 236 Å². The van der Waals surface area contributed by atoms with Gasteiger partial charge in [0.15, 0.2) is 5.11 Å². The number of nitro groups is 1. The molecule has 0 unspecified atom stereocenters. The molecule has 0 radical (unpaired) electrons. The molecule has 2 aromatic heterocycles. The van der Waals surface area contributed by atoms with E-state index in [-0.39, 0.29) is 23.7 Å². The van der Waals surface area contributed by atoms with Gasteiger partial charge in [-0.2, -0.15) is 0 Å². The summed E-state index contributed by atoms with van der Waals surface area (Å²) in [5, 5.41) is 18.4. The number of amides is 1. The van der Waals surface area contributed by atoms with Crippen molar-refractivity contribution >= 4 is 40.3 Å². The average Bonchev–Trinajstić information content (AvgIpc) is 3.43. The fourth-order valence-electron chi connectivity index (χ4n) is 5.28. The smallest absolute Gasteiger partial charge is 0.271 e. The molecule has 1 aliphatic heterocycles. The van der Waals surface area contributed by atoms with Crippen molar-refractivity contribution in [1.29, 1.82) is 0 Å². The van der Waals surface area contributed by atoms with E-state index in [2.05, 4.69) is 21.7 Å². The van der Waals surface area contributed by atoms with E-state index < -0.39 is 4.92 Å². The summed E-state index contributed by atoms with van der Waals surface area (Å²) in [4.78, 5) is 29.4. The summed E-state index contributed by atoms with van der Waals surface area (Å²) in [6, 6.07) is 19.3. The summed E-state index contributed by atoms with van der Waals surface area (Å²) >= 11 is 5.86. The number of methoxy groups -OCH3 is 1. The topological polar surface area (TPSA) is 115 Å². The van der Waals surface area contributed by atoms with Crippen LogP contribution in [0.3, 0.4) is 0 Å². The number of aryl methyl sites for hydroxylation is 1. The summed E-state index contributed by atoms with van der Waals surface area (Å²) in [6.07, 6.45) is 1.75. The molecule has 1 amide bonds. The number of non-ortho nitro benzene ring substituents is 1. The van der Waals surface area contributed by atoms with Gasteiger partial charge in [0.1, 0.15) is 5.75 Å². The van der Waals surface area contributed by atoms with Gasteiger partial charge in [-0.25, -0.2) is 0 Å². The molecule has 5 rings (SSSR count). The molecule has 3 heterocycles. The number of pyridine rings is 1. The predicted molar refractivity (Wildman–Crippen MR) is 157 cm³/mol. The van der Waals surface area contributed by atoms with Gasteiger partial charge < -0.3 is 24.8 Å². The van der Waals surface area contributed by atoms with Gasteiger partial charge in [0.2, 0.25) is 5.91 Å². The van der Waals surface area contributed by atoms with Gasteiger partial charge in [-0.15, -0.1) is 0 Å². The average molecular weight is 557 g/mol. The van der Waals surface area contributed by atoms with Gasteiger partial charge >= 0.3 is 0 Å². The summed E-state index contributed by atoms with van der Waals surface area (Å²) in [5.74, 6) is 0.369. The maximum Gasteiger partial charge on any atom is 0.271 e. The lowest BCUT2D eigenvalue weighted by molar-refractivity contribution is -0.384. The second-order valence-corrected chi connectivity index (χ2v) is 9.89. The number of ether oxygens (including phenoxy) is 1. The molecule has 11 heteroatoms. The van der Waals surface area contributed by atoms with Crippen LogP contribution in [0.2, 0.25) is 0 Å². The third-order valence-corrected chi connectivity index (χ3v) is 7.28. The lowest BCUT2D eigenvalue weighted by Gasteiger charge is -2.28. The number of carbonyl (C=O) groups is 1. The van der Waals surface area contributed by atoms with Crippen LogP contribution in [0.15, 0.2) is 72.9 Å². The van der Waals surface area contributed by atoms with Crippen LogP contribution < -0.4 is 20.3 Å². The number of rotatable bonds is 7. The van der Waals surface area contributed by atoms with Crippen LogP contribution in [0.25, 0.3) is 5.69 Å². The first kappa shape index (κ1) is 26.8. The molecule has 0 bridgehead atoms. The Hall–Kier alpha value is -4.77. The molecule has 1 aliphatic rings. The zero-order chi connectivity index (χ0) is 28.6. The second kappa shape index (κ2) is 10.8. The van der Waals surface area contributed by atoms with E-state index in [4.69, 9.17) is 17.0 Å². The Morgan fingerprint density at radius 2 is 1.88 bits per heavy atom. The minimum absolute atomic E-state index is 0.0270. The molecule has 0 spiro atoms. The Kier molecular flexibility index (Phi) is 7.22. The predicted octanol–water partition coefficient (Wildman–Crippen LogP) is 5.54. The van der Waals surface area contributed by atoms with Crippen LogP contribution in [0, 0.1) is 24.0 Å². The number of hydrogen-bond donors (Lipinski definition) is 2. The SMILES string of the molecule is COc1ccc([N+](=O)[O-])cc1-n1c(C)cc([C@H]2[C@@H](c3ccccn3)NC(=S)N2c2ccc(NC(C)=O)cc2)c1C. The highest BCUT2D eigenvalue weighted by Gasteiger charge is 2.42. The van der Waals surface area contributed by atoms with Crippen molar-refractivity contribution in [3.63, 3.8) is 0 Å². The van der Waals surface area contributed by atoms with Crippen molar-refractivity contribution in [3.05, 3.63) is 106 Å². The Bertz CT molecular complexity index is 1600. The molecule has 1 saturated heterocycles. The van der Waals surface area contributed by atoms with Crippen LogP contribution >= 0.6 is 12.2 Å². The minimum Gasteiger partial charge on any atom is -0.495 e. The lowest BCUT2D eigenvalue weighted by atomic mass is 9.96. The number of carbonyl (C=O) groups excluding carboxylic acids is 1. The van der Waals surface area contributed by atoms with Crippen molar-refractivity contribution in [1.82, 2.24) is 14.9 Å². The highest BCUT2D eigenvalue weighted by Crippen LogP contribution is 2.44. The maximum atomic E-state index is 11.6. The van der Waals surface area contributed by atoms with Gasteiger partial charge in [-0.1, -0.05) is 6.07 Å². The van der Waals surface area contributed by atoms with Crippen molar-refractivity contribution in [2.75, 3.05) is 17.3 Å². The molecule has 204 valence electrons. The molecule has 10 nitrogen and oxygen atoms in total. The number of benzene rings is 2. The van der Waals surface area contributed by atoms with Crippen LogP contribution in [0.5, 0.6) is 5.75 Å². The number of nitro benzene ring substituents is 1. The number of thiocarbonyl (C=S) groups is 1. The quantitative estimate of drug-likeness (QED) is 0.173. The highest BCUT2D eigenvalue weighted by atomic mass is 32.1. The van der Waals surface area contributed by atoms with Gasteiger partial charge in [0.25, 0.3) is 5.69 Å². The van der Waals surface area contributed by atoms with Crippen LogP contribution in [0.4, 0.5) is 17.1 Å². The highest BCUT2D eigenvalue weighted by molar-refractivity contribution is 7.80. The van der Waals surface area contributed by atoms with E-state index in [1.165, 1.54) is 19.1 Å². The summed E-state index contributed by atoms with van der Waals surface area (Å²) in [6.45, 7) is 5.40. The molecule has 4 aromatic rings. The molecular formula is C29H28N6O4S. The first-order chi connectivity index (χ1) is 19.2. The Morgan fingerprint density at radius 1 is 1.12 bits per heavy atom. The first-order valence-electron chi connectivity index (χ1n) is 12.6. The molecule has 40 heavy (non-hydrogen) atoms. The Balaban J connectivity index is 1.67. The van der Waals surface area contributed by atoms with Crippen molar-refractivity contribution in [3.8, 4) is 11.4 Å². The second-order valence-electron chi connectivity index (χ2n) is 9.50. The molecule has 1 fully saturated rings. The fraction of sp³-hybridized carbons (Fsp3) is 0.207. The van der Waals surface area contributed by atoms with Gasteiger partial charge in [-0.05, 0) is 80.2 Å². The maximum absolute atomic E-state index is 11.6. The van der Waals surface area contributed by atoms with Crippen molar-refractivity contribution < 1.29 is 14.5 Å². The minimum atomic E-state index is -0.416. The number of nitrogens with one attached hydrogen (secondary N) is 2. The van der Waals surface area contributed by atoms with Gasteiger partial charge in [0.05, 0.1) is 35.5 Å². The molecule has 0 aliphatic carbocycles. The van der Waals surface area contributed by atoms with Crippen molar-refractivity contribution in [2.45, 2.75) is 32.9 Å². The van der Waals surface area contributed by atoms with E-state index >= 15 is 0 Å². The Morgan fingerprint density at radius 3 is 2.50 bits per heavy atom. The van der Waals surface area contributed by atoms with E-state index in [0.717, 1.165) is 28.3 Å². The molecule has 2 N–H and O–H groups in total. The fourth-order valence-corrected chi connectivity index (χ4v) is 5.63. The summed E-state index contributed by atoms with van der Waals surface area (Å²) in [7, 11) is 1.54. The zero-order valence-electron chi connectivity index (χ0n) is 22.4. The van der Waals surface area contributed by atoms with E-state index in [0.29, 0.717) is 22.2 Å². The summed E-state index contributed by atoms with van der Waals surface area (Å²) < 4.78 is 7.56. The third kappa shape index (κ3) is 4.87. The lowest BCUT2D eigenvalue weighted by Crippen LogP contribution is -2.29. The third-order valence-electron chi connectivity index (χ3n) is 6.97. The van der Waals surface area contributed by atoms with E-state index in [1.54, 1.807) is 19.4 Å². The number of nitrogens with zero attached hydrogens (tertiary/aromatic N) is 4. The van der Waals surface area contributed by atoms with E-state index in [9.17, 15) is 14.9 Å². The van der Waals surface area contributed by atoms with E-state index in [1.807, 2.05) is 65.8 Å². The monoisotopic (exact) mass is 556 g/mol. The molecule has 2 aromatic carbocycles. The zero-order valence-corrected chi connectivity index (χ0v) is 23.2. The van der Waals surface area contributed by atoms with Crippen LogP contribution in [-0.4, -0.2) is 32.6 Å². The molecular weight excluding hydrogens is 528 g/mol. The normalized spacial score (nSPS) is 16.5. The molecule has 0 saturated carbocycles. The van der Waals surface area contributed by atoms with Gasteiger partial charge in [0, 0.05) is 48.0 Å². The van der Waals surface area contributed by atoms with Gasteiger partial charge in [-0.3, -0.25) is 19.9 Å². The van der Waals surface area contributed by atoms with Crippen LogP contribution in [0.1, 0.15) is 41.7 Å². The standard InChI is InChI=1S/C29H28N6O4S/c1-17-15-23(18(2)33(17)25-16-22(35(37)38)12-13-26(25)39-4)28-27(24-7-5-6-14-30-24)32-29(40)34(28)21-10-8-20(9-11-21)31-19(3)36/h5-16,27-28H,1-4H3,(H,31,36)(H,32,40)/t27-,28+/m1/s1. The number of hydrogen-bond acceptors (Lipinski definition) is 6.